The van der Waals surface area contributed by atoms with Gasteiger partial charge in [0.2, 0.25) is 0 Å². The first-order valence-corrected chi connectivity index (χ1v) is 6.95. The number of nitrogens with zero attached hydrogens (tertiary/aromatic N) is 1. The highest BCUT2D eigenvalue weighted by atomic mass is 79.9. The van der Waals surface area contributed by atoms with Gasteiger partial charge in [-0.2, -0.15) is 0 Å². The van der Waals surface area contributed by atoms with Gasteiger partial charge in [-0.05, 0) is 51.9 Å². The molecule has 0 atom stereocenters. The van der Waals surface area contributed by atoms with Gasteiger partial charge in [-0.1, -0.05) is 19.9 Å². The van der Waals surface area contributed by atoms with Gasteiger partial charge in [-0.25, -0.2) is 0 Å². The number of anilines is 1. The molecule has 1 aromatic carbocycles. The molecule has 1 fully saturated rings. The first kappa shape index (κ1) is 12.9. The van der Waals surface area contributed by atoms with Crippen LogP contribution >= 0.6 is 15.9 Å². The molecule has 17 heavy (non-hydrogen) atoms. The maximum Gasteiger partial charge on any atom is 0.0682 e. The monoisotopic (exact) mass is 297 g/mol. The maximum absolute atomic E-state index is 9.11. The van der Waals surface area contributed by atoms with Gasteiger partial charge < -0.3 is 10.0 Å². The molecule has 94 valence electrons. The molecule has 1 aromatic rings. The third-order valence-electron chi connectivity index (χ3n) is 3.44. The number of hydrogen-bond acceptors (Lipinski definition) is 2. The van der Waals surface area contributed by atoms with Crippen LogP contribution < -0.4 is 4.90 Å². The Bertz CT molecular complexity index is 403. The van der Waals surface area contributed by atoms with Crippen LogP contribution in [0.5, 0.6) is 0 Å². The lowest BCUT2D eigenvalue weighted by atomic mass is 9.84. The summed E-state index contributed by atoms with van der Waals surface area (Å²) in [4.78, 5) is 2.44. The Hall–Kier alpha value is -0.540. The Morgan fingerprint density at radius 3 is 2.76 bits per heavy atom. The molecule has 1 saturated heterocycles. The van der Waals surface area contributed by atoms with Crippen LogP contribution in [0, 0.1) is 5.41 Å². The average molecular weight is 298 g/mol. The van der Waals surface area contributed by atoms with Gasteiger partial charge in [0.25, 0.3) is 0 Å². The van der Waals surface area contributed by atoms with Gasteiger partial charge in [-0.3, -0.25) is 0 Å². The van der Waals surface area contributed by atoms with E-state index in [0.29, 0.717) is 5.41 Å². The summed E-state index contributed by atoms with van der Waals surface area (Å²) in [5.41, 5.74) is 2.60. The third-order valence-corrected chi connectivity index (χ3v) is 4.07. The zero-order chi connectivity index (χ0) is 12.5. The Balaban J connectivity index is 2.22. The van der Waals surface area contributed by atoms with Gasteiger partial charge in [0.15, 0.2) is 0 Å². The van der Waals surface area contributed by atoms with Crippen molar-refractivity contribution in [2.24, 2.45) is 5.41 Å². The Kier molecular flexibility index (Phi) is 3.79. The second kappa shape index (κ2) is 4.99. The van der Waals surface area contributed by atoms with Crippen LogP contribution in [-0.4, -0.2) is 18.2 Å². The number of aliphatic hydroxyl groups excluding tert-OH is 1. The second-order valence-electron chi connectivity index (χ2n) is 5.63. The van der Waals surface area contributed by atoms with Crippen molar-refractivity contribution in [3.63, 3.8) is 0 Å². The Morgan fingerprint density at radius 1 is 1.41 bits per heavy atom. The van der Waals surface area contributed by atoms with E-state index in [4.69, 9.17) is 5.11 Å². The molecule has 0 aromatic heterocycles. The Morgan fingerprint density at radius 2 is 2.18 bits per heavy atom. The SMILES string of the molecule is CC1(C)CCCN(c2ccc(CO)cc2Br)C1. The van der Waals surface area contributed by atoms with Crippen molar-refractivity contribution < 1.29 is 5.11 Å². The Labute approximate surface area is 112 Å². The number of piperidine rings is 1. The average Bonchev–Trinajstić information content (AvgIpc) is 2.27. The number of benzene rings is 1. The molecule has 0 unspecified atom stereocenters. The fraction of sp³-hybridized carbons (Fsp3) is 0.571. The molecule has 2 nitrogen and oxygen atoms in total. The molecule has 0 spiro atoms. The molecule has 0 radical (unpaired) electrons. The van der Waals surface area contributed by atoms with E-state index >= 15 is 0 Å². The minimum Gasteiger partial charge on any atom is -0.392 e. The predicted octanol–water partition coefficient (Wildman–Crippen LogP) is 3.57. The maximum atomic E-state index is 9.11. The molecule has 1 aliphatic rings. The number of rotatable bonds is 2. The van der Waals surface area contributed by atoms with E-state index in [1.165, 1.54) is 18.5 Å². The lowest BCUT2D eigenvalue weighted by Crippen LogP contribution is -2.40. The van der Waals surface area contributed by atoms with E-state index in [-0.39, 0.29) is 6.61 Å². The summed E-state index contributed by atoms with van der Waals surface area (Å²) in [6, 6.07) is 6.12. The van der Waals surface area contributed by atoms with Crippen molar-refractivity contribution in [3.8, 4) is 0 Å². The van der Waals surface area contributed by atoms with Crippen LogP contribution in [0.4, 0.5) is 5.69 Å². The van der Waals surface area contributed by atoms with Crippen LogP contribution in [0.2, 0.25) is 0 Å². The van der Waals surface area contributed by atoms with Gasteiger partial charge in [-0.15, -0.1) is 0 Å². The van der Waals surface area contributed by atoms with E-state index in [9.17, 15) is 0 Å². The van der Waals surface area contributed by atoms with Crippen LogP contribution in [0.3, 0.4) is 0 Å². The molecule has 0 aliphatic carbocycles. The number of hydrogen-bond donors (Lipinski definition) is 1. The van der Waals surface area contributed by atoms with E-state index in [1.54, 1.807) is 0 Å². The molecular formula is C14H20BrNO. The third kappa shape index (κ3) is 3.02. The van der Waals surface area contributed by atoms with Gasteiger partial charge in [0.05, 0.1) is 12.3 Å². The fourth-order valence-corrected chi connectivity index (χ4v) is 3.21. The predicted molar refractivity (Wildman–Crippen MR) is 75.3 cm³/mol. The largest absolute Gasteiger partial charge is 0.392 e. The molecule has 2 rings (SSSR count). The summed E-state index contributed by atoms with van der Waals surface area (Å²) in [5.74, 6) is 0. The fourth-order valence-electron chi connectivity index (χ4n) is 2.53. The molecule has 3 heteroatoms. The molecule has 0 amide bonds. The molecule has 0 bridgehead atoms. The lowest BCUT2D eigenvalue weighted by molar-refractivity contribution is 0.281. The minimum atomic E-state index is 0.102. The number of aliphatic hydroxyl groups is 1. The lowest BCUT2D eigenvalue weighted by Gasteiger charge is -2.39. The smallest absolute Gasteiger partial charge is 0.0682 e. The second-order valence-corrected chi connectivity index (χ2v) is 6.49. The summed E-state index contributed by atoms with van der Waals surface area (Å²) in [5, 5.41) is 9.11. The summed E-state index contributed by atoms with van der Waals surface area (Å²) >= 11 is 3.61. The van der Waals surface area contributed by atoms with Gasteiger partial charge in [0.1, 0.15) is 0 Å². The zero-order valence-corrected chi connectivity index (χ0v) is 12.1. The van der Waals surface area contributed by atoms with Crippen molar-refractivity contribution >= 4 is 21.6 Å². The molecule has 1 aliphatic heterocycles. The van der Waals surface area contributed by atoms with Crippen LogP contribution in [0.15, 0.2) is 22.7 Å². The van der Waals surface area contributed by atoms with E-state index in [2.05, 4.69) is 40.7 Å². The summed E-state index contributed by atoms with van der Waals surface area (Å²) in [6.07, 6.45) is 2.55. The number of halogens is 1. The van der Waals surface area contributed by atoms with Crippen molar-refractivity contribution in [2.45, 2.75) is 33.3 Å². The van der Waals surface area contributed by atoms with Crippen molar-refractivity contribution in [2.75, 3.05) is 18.0 Å². The van der Waals surface area contributed by atoms with Crippen LogP contribution in [-0.2, 0) is 6.61 Å². The summed E-state index contributed by atoms with van der Waals surface area (Å²) in [7, 11) is 0. The summed E-state index contributed by atoms with van der Waals surface area (Å²) < 4.78 is 1.08. The van der Waals surface area contributed by atoms with E-state index < -0.39 is 0 Å². The minimum absolute atomic E-state index is 0.102. The van der Waals surface area contributed by atoms with E-state index in [0.717, 1.165) is 23.1 Å². The molecule has 0 saturated carbocycles. The molecular weight excluding hydrogens is 278 g/mol. The first-order valence-electron chi connectivity index (χ1n) is 6.16. The van der Waals surface area contributed by atoms with Crippen LogP contribution in [0.1, 0.15) is 32.3 Å². The van der Waals surface area contributed by atoms with Crippen LogP contribution in [0.25, 0.3) is 0 Å². The van der Waals surface area contributed by atoms with E-state index in [1.807, 2.05) is 12.1 Å². The quantitative estimate of drug-likeness (QED) is 0.902. The zero-order valence-electron chi connectivity index (χ0n) is 10.5. The highest BCUT2D eigenvalue weighted by Crippen LogP contribution is 2.35. The highest BCUT2D eigenvalue weighted by Gasteiger charge is 2.27. The molecule has 1 heterocycles. The van der Waals surface area contributed by atoms with Crippen molar-refractivity contribution in [3.05, 3.63) is 28.2 Å². The topological polar surface area (TPSA) is 23.5 Å². The van der Waals surface area contributed by atoms with Gasteiger partial charge >= 0.3 is 0 Å². The van der Waals surface area contributed by atoms with Crippen molar-refractivity contribution in [1.29, 1.82) is 0 Å². The first-order chi connectivity index (χ1) is 8.02. The van der Waals surface area contributed by atoms with Gasteiger partial charge in [0, 0.05) is 17.6 Å². The normalized spacial score (nSPS) is 19.4. The summed E-state index contributed by atoms with van der Waals surface area (Å²) in [6.45, 7) is 6.99. The standard InChI is InChI=1S/C14H20BrNO/c1-14(2)6-3-7-16(10-14)13-5-4-11(9-17)8-12(13)15/h4-5,8,17H,3,6-7,9-10H2,1-2H3. The van der Waals surface area contributed by atoms with Crippen molar-refractivity contribution in [1.82, 2.24) is 0 Å². The molecule has 1 N–H and O–H groups in total. The highest BCUT2D eigenvalue weighted by molar-refractivity contribution is 9.10.